The van der Waals surface area contributed by atoms with E-state index in [0.29, 0.717) is 10.2 Å². The Balaban J connectivity index is 3.21. The molecule has 0 fully saturated rings. The molecule has 0 saturated carbocycles. The molecule has 5 heteroatoms. The fraction of sp³-hybridized carbons (Fsp3) is 0.167. The Kier molecular flexibility index (Phi) is 3.31. The number of aromatic nitrogens is 1. The van der Waals surface area contributed by atoms with Gasteiger partial charge in [0.15, 0.2) is 0 Å². The van der Waals surface area contributed by atoms with Crippen LogP contribution < -0.4 is 0 Å². The molecule has 1 heterocycles. The number of halogens is 3. The van der Waals surface area contributed by atoms with Crippen molar-refractivity contribution in [1.29, 1.82) is 0 Å². The van der Waals surface area contributed by atoms with Crippen molar-refractivity contribution < 1.29 is 0 Å². The number of thioether (sulfide) groups is 1. The van der Waals surface area contributed by atoms with Crippen molar-refractivity contribution in [3.05, 3.63) is 21.4 Å². The Morgan fingerprint density at radius 3 is 2.45 bits per heavy atom. The van der Waals surface area contributed by atoms with Gasteiger partial charge < -0.3 is 0 Å². The molecule has 0 atom stereocenters. The standard InChI is InChI=1S/C6H4Cl3NS/c1-11-4-2-3(7)5(8)10-6(4)9/h2H,1H3. The van der Waals surface area contributed by atoms with Crippen LogP contribution in [0.2, 0.25) is 15.3 Å². The maximum absolute atomic E-state index is 5.73. The normalized spacial score (nSPS) is 10.2. The highest BCUT2D eigenvalue weighted by atomic mass is 35.5. The molecule has 1 aromatic heterocycles. The Bertz CT molecular complexity index is 277. The van der Waals surface area contributed by atoms with Crippen LogP contribution in [0.15, 0.2) is 11.0 Å². The van der Waals surface area contributed by atoms with Gasteiger partial charge in [-0.1, -0.05) is 34.8 Å². The third-order valence-electron chi connectivity index (χ3n) is 1.07. The second-order valence-corrected chi connectivity index (χ2v) is 3.73. The van der Waals surface area contributed by atoms with E-state index in [9.17, 15) is 0 Å². The van der Waals surface area contributed by atoms with Gasteiger partial charge in [0.2, 0.25) is 0 Å². The van der Waals surface area contributed by atoms with Gasteiger partial charge in [0.05, 0.1) is 5.02 Å². The smallest absolute Gasteiger partial charge is 0.149 e. The largest absolute Gasteiger partial charge is 0.222 e. The number of hydrogen-bond acceptors (Lipinski definition) is 2. The number of nitrogens with zero attached hydrogens (tertiary/aromatic N) is 1. The van der Waals surface area contributed by atoms with Gasteiger partial charge >= 0.3 is 0 Å². The molecule has 0 amide bonds. The van der Waals surface area contributed by atoms with E-state index < -0.39 is 0 Å². The summed E-state index contributed by atoms with van der Waals surface area (Å²) in [6.07, 6.45) is 1.90. The lowest BCUT2D eigenvalue weighted by atomic mass is 10.5. The highest BCUT2D eigenvalue weighted by molar-refractivity contribution is 7.98. The number of hydrogen-bond donors (Lipinski definition) is 0. The molecule has 1 nitrogen and oxygen atoms in total. The van der Waals surface area contributed by atoms with Crippen LogP contribution in [0, 0.1) is 0 Å². The summed E-state index contributed by atoms with van der Waals surface area (Å²) in [6.45, 7) is 0. The fourth-order valence-electron chi connectivity index (χ4n) is 0.572. The summed E-state index contributed by atoms with van der Waals surface area (Å²) in [4.78, 5) is 4.66. The molecule has 0 aliphatic carbocycles. The van der Waals surface area contributed by atoms with Crippen molar-refractivity contribution >= 4 is 46.6 Å². The lowest BCUT2D eigenvalue weighted by Gasteiger charge is -2.00. The third-order valence-corrected chi connectivity index (χ3v) is 2.90. The van der Waals surface area contributed by atoms with Gasteiger partial charge in [0.1, 0.15) is 10.3 Å². The minimum absolute atomic E-state index is 0.245. The van der Waals surface area contributed by atoms with Crippen LogP contribution in [0.5, 0.6) is 0 Å². The van der Waals surface area contributed by atoms with Crippen molar-refractivity contribution in [3.8, 4) is 0 Å². The van der Waals surface area contributed by atoms with Crippen LogP contribution in [0.25, 0.3) is 0 Å². The van der Waals surface area contributed by atoms with E-state index in [1.54, 1.807) is 6.07 Å². The predicted octanol–water partition coefficient (Wildman–Crippen LogP) is 3.76. The quantitative estimate of drug-likeness (QED) is 0.536. The van der Waals surface area contributed by atoms with Gasteiger partial charge in [-0.05, 0) is 12.3 Å². The van der Waals surface area contributed by atoms with Crippen LogP contribution in [0.3, 0.4) is 0 Å². The predicted molar refractivity (Wildman–Crippen MR) is 51.0 cm³/mol. The van der Waals surface area contributed by atoms with E-state index in [-0.39, 0.29) is 5.15 Å². The maximum Gasteiger partial charge on any atom is 0.149 e. The average Bonchev–Trinajstić information content (AvgIpc) is 1.97. The molecule has 0 bridgehead atoms. The SMILES string of the molecule is CSc1cc(Cl)c(Cl)nc1Cl. The van der Waals surface area contributed by atoms with Crippen LogP contribution in [-0.2, 0) is 0 Å². The summed E-state index contributed by atoms with van der Waals surface area (Å²) in [5.41, 5.74) is 0. The summed E-state index contributed by atoms with van der Waals surface area (Å²) in [7, 11) is 0. The second-order valence-electron chi connectivity index (χ2n) is 1.75. The van der Waals surface area contributed by atoms with Gasteiger partial charge in [0, 0.05) is 4.90 Å². The molecule has 1 rings (SSSR count). The molecule has 0 radical (unpaired) electrons. The van der Waals surface area contributed by atoms with Crippen LogP contribution in [0.1, 0.15) is 0 Å². The zero-order valence-corrected chi connectivity index (χ0v) is 8.65. The lowest BCUT2D eigenvalue weighted by Crippen LogP contribution is -1.81. The number of rotatable bonds is 1. The second kappa shape index (κ2) is 3.85. The first-order valence-electron chi connectivity index (χ1n) is 2.70. The van der Waals surface area contributed by atoms with E-state index in [0.717, 1.165) is 4.90 Å². The number of pyridine rings is 1. The van der Waals surface area contributed by atoms with Crippen molar-refractivity contribution in [2.24, 2.45) is 0 Å². The monoisotopic (exact) mass is 227 g/mol. The molecular weight excluding hydrogens is 224 g/mol. The van der Waals surface area contributed by atoms with Gasteiger partial charge in [-0.3, -0.25) is 0 Å². The molecule has 0 N–H and O–H groups in total. The third kappa shape index (κ3) is 2.15. The lowest BCUT2D eigenvalue weighted by molar-refractivity contribution is 1.24. The molecule has 0 aliphatic heterocycles. The highest BCUT2D eigenvalue weighted by Gasteiger charge is 2.05. The molecular formula is C6H4Cl3NS. The first-order valence-corrected chi connectivity index (χ1v) is 5.06. The molecule has 0 spiro atoms. The molecule has 60 valence electrons. The molecule has 0 saturated heterocycles. The molecule has 11 heavy (non-hydrogen) atoms. The van der Waals surface area contributed by atoms with Gasteiger partial charge in [-0.15, -0.1) is 11.8 Å². The molecule has 0 aromatic carbocycles. The first kappa shape index (κ1) is 9.46. The maximum atomic E-state index is 5.73. The van der Waals surface area contributed by atoms with E-state index in [4.69, 9.17) is 34.8 Å². The Labute approximate surface area is 84.0 Å². The van der Waals surface area contributed by atoms with E-state index in [2.05, 4.69) is 4.98 Å². The zero-order chi connectivity index (χ0) is 8.43. The molecule has 1 aromatic rings. The van der Waals surface area contributed by atoms with Gasteiger partial charge in [-0.25, -0.2) is 4.98 Å². The van der Waals surface area contributed by atoms with Crippen LogP contribution >= 0.6 is 46.6 Å². The van der Waals surface area contributed by atoms with E-state index >= 15 is 0 Å². The minimum Gasteiger partial charge on any atom is -0.222 e. The van der Waals surface area contributed by atoms with Crippen molar-refractivity contribution in [2.45, 2.75) is 4.90 Å². The molecule has 0 unspecified atom stereocenters. The summed E-state index contributed by atoms with van der Waals surface area (Å²) in [6, 6.07) is 1.70. The summed E-state index contributed by atoms with van der Waals surface area (Å²) >= 11 is 18.5. The zero-order valence-electron chi connectivity index (χ0n) is 5.57. The minimum atomic E-state index is 0.245. The van der Waals surface area contributed by atoms with Gasteiger partial charge in [0.25, 0.3) is 0 Å². The summed E-state index contributed by atoms with van der Waals surface area (Å²) in [5.74, 6) is 0. The fourth-order valence-corrected chi connectivity index (χ4v) is 1.79. The van der Waals surface area contributed by atoms with Crippen LogP contribution in [0.4, 0.5) is 0 Å². The van der Waals surface area contributed by atoms with E-state index in [1.165, 1.54) is 11.8 Å². The van der Waals surface area contributed by atoms with Crippen molar-refractivity contribution in [2.75, 3.05) is 6.26 Å². The molecule has 0 aliphatic rings. The Morgan fingerprint density at radius 1 is 1.27 bits per heavy atom. The van der Waals surface area contributed by atoms with E-state index in [1.807, 2.05) is 6.26 Å². The van der Waals surface area contributed by atoms with Gasteiger partial charge in [-0.2, -0.15) is 0 Å². The van der Waals surface area contributed by atoms with Crippen LogP contribution in [-0.4, -0.2) is 11.2 Å². The Morgan fingerprint density at radius 2 is 1.91 bits per heavy atom. The van der Waals surface area contributed by atoms with Crippen molar-refractivity contribution in [1.82, 2.24) is 4.98 Å². The Hall–Kier alpha value is 0.370. The average molecular weight is 229 g/mol. The first-order chi connectivity index (χ1) is 5.15. The van der Waals surface area contributed by atoms with Crippen molar-refractivity contribution in [3.63, 3.8) is 0 Å². The highest BCUT2D eigenvalue weighted by Crippen LogP contribution is 2.30. The topological polar surface area (TPSA) is 12.9 Å². The summed E-state index contributed by atoms with van der Waals surface area (Å²) in [5, 5.41) is 1.07. The summed E-state index contributed by atoms with van der Waals surface area (Å²) < 4.78 is 0.